The second-order valence-electron chi connectivity index (χ2n) is 6.12. The van der Waals surface area contributed by atoms with Gasteiger partial charge < -0.3 is 19.8 Å². The maximum Gasteiger partial charge on any atom is 0.410 e. The van der Waals surface area contributed by atoms with E-state index < -0.39 is 17.8 Å². The summed E-state index contributed by atoms with van der Waals surface area (Å²) in [6.45, 7) is 7.76. The van der Waals surface area contributed by atoms with Crippen LogP contribution in [0.2, 0.25) is 0 Å². The average molecular weight is 259 g/mol. The second kappa shape index (κ2) is 5.89. The van der Waals surface area contributed by atoms with Crippen LogP contribution in [0.1, 0.15) is 40.5 Å². The Morgan fingerprint density at radius 3 is 2.61 bits per heavy atom. The molecule has 1 aliphatic rings. The van der Waals surface area contributed by atoms with Crippen molar-refractivity contribution in [3.05, 3.63) is 0 Å². The minimum absolute atomic E-state index is 0.337. The number of piperidine rings is 1. The molecule has 1 saturated heterocycles. The number of aliphatic hydroxyl groups excluding tert-OH is 2. The number of likely N-dealkylation sites (tertiary alicyclic amines) is 1. The zero-order chi connectivity index (χ0) is 13.9. The summed E-state index contributed by atoms with van der Waals surface area (Å²) in [5.41, 5.74) is -0.547. The van der Waals surface area contributed by atoms with Crippen LogP contribution in [0, 0.1) is 5.92 Å². The molecule has 0 saturated carbocycles. The Morgan fingerprint density at radius 2 is 2.11 bits per heavy atom. The lowest BCUT2D eigenvalue weighted by Gasteiger charge is -2.40. The molecule has 0 unspecified atom stereocenters. The molecule has 1 amide bonds. The van der Waals surface area contributed by atoms with Gasteiger partial charge in [0, 0.05) is 6.54 Å². The molecule has 5 heteroatoms. The third-order valence-corrected chi connectivity index (χ3v) is 3.17. The fourth-order valence-corrected chi connectivity index (χ4v) is 2.22. The first-order chi connectivity index (χ1) is 8.24. The van der Waals surface area contributed by atoms with E-state index >= 15 is 0 Å². The van der Waals surface area contributed by atoms with E-state index in [1.807, 2.05) is 20.8 Å². The zero-order valence-electron chi connectivity index (χ0n) is 11.7. The predicted molar refractivity (Wildman–Crippen MR) is 68.2 cm³/mol. The number of carbonyl (C=O) groups is 1. The van der Waals surface area contributed by atoms with E-state index in [1.54, 1.807) is 4.90 Å². The summed E-state index contributed by atoms with van der Waals surface area (Å²) >= 11 is 0. The van der Waals surface area contributed by atoms with E-state index in [9.17, 15) is 9.90 Å². The summed E-state index contributed by atoms with van der Waals surface area (Å²) in [4.78, 5) is 13.6. The average Bonchev–Trinajstić information content (AvgIpc) is 2.25. The molecule has 106 valence electrons. The summed E-state index contributed by atoms with van der Waals surface area (Å²) < 4.78 is 5.33. The van der Waals surface area contributed by atoms with Crippen LogP contribution >= 0.6 is 0 Å². The molecule has 1 rings (SSSR count). The summed E-state index contributed by atoms with van der Waals surface area (Å²) in [6.07, 6.45) is 0.279. The van der Waals surface area contributed by atoms with Gasteiger partial charge in [0.15, 0.2) is 0 Å². The van der Waals surface area contributed by atoms with Crippen molar-refractivity contribution in [2.45, 2.75) is 58.3 Å². The van der Waals surface area contributed by atoms with Crippen molar-refractivity contribution in [2.24, 2.45) is 5.92 Å². The van der Waals surface area contributed by atoms with Crippen LogP contribution in [0.15, 0.2) is 0 Å². The number of hydrogen-bond acceptors (Lipinski definition) is 4. The molecule has 1 aliphatic heterocycles. The van der Waals surface area contributed by atoms with Crippen molar-refractivity contribution >= 4 is 6.09 Å². The molecule has 5 nitrogen and oxygen atoms in total. The van der Waals surface area contributed by atoms with Gasteiger partial charge in [0.2, 0.25) is 0 Å². The van der Waals surface area contributed by atoms with Gasteiger partial charge in [-0.15, -0.1) is 0 Å². The number of ether oxygens (including phenoxy) is 1. The highest BCUT2D eigenvalue weighted by Crippen LogP contribution is 2.26. The maximum atomic E-state index is 12.1. The molecule has 0 aliphatic carbocycles. The van der Waals surface area contributed by atoms with Crippen LogP contribution in [0.5, 0.6) is 0 Å². The van der Waals surface area contributed by atoms with Gasteiger partial charge in [0.05, 0.1) is 18.8 Å². The minimum Gasteiger partial charge on any atom is -0.444 e. The molecule has 18 heavy (non-hydrogen) atoms. The summed E-state index contributed by atoms with van der Waals surface area (Å²) in [5.74, 6) is 0.440. The van der Waals surface area contributed by atoms with Gasteiger partial charge in [-0.1, -0.05) is 6.92 Å². The van der Waals surface area contributed by atoms with Crippen LogP contribution in [0.3, 0.4) is 0 Å². The van der Waals surface area contributed by atoms with Gasteiger partial charge in [0.25, 0.3) is 0 Å². The number of amides is 1. The van der Waals surface area contributed by atoms with Crippen molar-refractivity contribution in [3.63, 3.8) is 0 Å². The fourth-order valence-electron chi connectivity index (χ4n) is 2.22. The molecule has 2 N–H and O–H groups in total. The lowest BCUT2D eigenvalue weighted by molar-refractivity contribution is -0.0359. The summed E-state index contributed by atoms with van der Waals surface area (Å²) in [7, 11) is 0. The number of aliphatic hydroxyl groups is 2. The Hall–Kier alpha value is -0.810. The molecular formula is C13H25NO4. The topological polar surface area (TPSA) is 70.0 Å². The van der Waals surface area contributed by atoms with Crippen LogP contribution < -0.4 is 0 Å². The molecule has 0 bridgehead atoms. The van der Waals surface area contributed by atoms with Gasteiger partial charge in [-0.25, -0.2) is 4.79 Å². The Balaban J connectivity index is 2.74. The fraction of sp³-hybridized carbons (Fsp3) is 0.923. The smallest absolute Gasteiger partial charge is 0.410 e. The second-order valence-corrected chi connectivity index (χ2v) is 6.12. The van der Waals surface area contributed by atoms with Crippen molar-refractivity contribution in [1.82, 2.24) is 4.90 Å². The van der Waals surface area contributed by atoms with Crippen LogP contribution in [0.25, 0.3) is 0 Å². The van der Waals surface area contributed by atoms with Crippen LogP contribution in [0.4, 0.5) is 4.79 Å². The monoisotopic (exact) mass is 259 g/mol. The van der Waals surface area contributed by atoms with E-state index in [1.165, 1.54) is 0 Å². The molecule has 0 aromatic heterocycles. The van der Waals surface area contributed by atoms with Crippen LogP contribution in [-0.2, 0) is 4.74 Å². The summed E-state index contributed by atoms with van der Waals surface area (Å²) in [6, 6.07) is -0.353. The predicted octanol–water partition coefficient (Wildman–Crippen LogP) is 1.38. The molecule has 0 aromatic carbocycles. The van der Waals surface area contributed by atoms with Crippen LogP contribution in [-0.4, -0.2) is 52.1 Å². The normalized spacial score (nSPS) is 26.9. The highest BCUT2D eigenvalue weighted by atomic mass is 16.6. The van der Waals surface area contributed by atoms with Gasteiger partial charge >= 0.3 is 6.09 Å². The van der Waals surface area contributed by atoms with E-state index in [0.717, 1.165) is 6.42 Å². The van der Waals surface area contributed by atoms with Gasteiger partial charge in [-0.05, 0) is 39.5 Å². The standard InChI is InChI=1S/C13H25NO4/c1-9-5-6-14(10(7-9)11(16)8-15)12(17)18-13(2,3)4/h9-11,15-16H,5-8H2,1-4H3/t9-,10-,11+/m0/s1. The van der Waals surface area contributed by atoms with Crippen molar-refractivity contribution in [1.29, 1.82) is 0 Å². The Labute approximate surface area is 109 Å². The van der Waals surface area contributed by atoms with Crippen molar-refractivity contribution in [2.75, 3.05) is 13.2 Å². The first kappa shape index (κ1) is 15.2. The summed E-state index contributed by atoms with van der Waals surface area (Å²) in [5, 5.41) is 18.9. The minimum atomic E-state index is -0.903. The highest BCUT2D eigenvalue weighted by Gasteiger charge is 2.36. The number of rotatable bonds is 2. The van der Waals surface area contributed by atoms with Gasteiger partial charge in [-0.3, -0.25) is 0 Å². The lowest BCUT2D eigenvalue weighted by Crippen LogP contribution is -2.53. The molecule has 0 aromatic rings. The molecule has 3 atom stereocenters. The molecule has 0 radical (unpaired) electrons. The number of nitrogens with zero attached hydrogens (tertiary/aromatic N) is 1. The third-order valence-electron chi connectivity index (χ3n) is 3.17. The number of hydrogen-bond donors (Lipinski definition) is 2. The lowest BCUT2D eigenvalue weighted by atomic mass is 9.90. The SMILES string of the molecule is C[C@H]1CCN(C(=O)OC(C)(C)C)[C@H]([C@H](O)CO)C1. The first-order valence-corrected chi connectivity index (χ1v) is 6.53. The van der Waals surface area contributed by atoms with Crippen molar-refractivity contribution in [3.8, 4) is 0 Å². The Bertz CT molecular complexity index is 287. The quantitative estimate of drug-likeness (QED) is 0.786. The van der Waals surface area contributed by atoms with E-state index in [4.69, 9.17) is 9.84 Å². The Kier molecular flexibility index (Phi) is 4.99. The van der Waals surface area contributed by atoms with Gasteiger partial charge in [0.1, 0.15) is 5.60 Å². The van der Waals surface area contributed by atoms with E-state index in [-0.39, 0.29) is 12.6 Å². The zero-order valence-corrected chi connectivity index (χ0v) is 11.7. The molecule has 1 heterocycles. The molecule has 0 spiro atoms. The number of carbonyl (C=O) groups excluding carboxylic acids is 1. The Morgan fingerprint density at radius 1 is 1.50 bits per heavy atom. The molecular weight excluding hydrogens is 234 g/mol. The van der Waals surface area contributed by atoms with E-state index in [0.29, 0.717) is 18.9 Å². The highest BCUT2D eigenvalue weighted by molar-refractivity contribution is 5.68. The van der Waals surface area contributed by atoms with E-state index in [2.05, 4.69) is 6.92 Å². The first-order valence-electron chi connectivity index (χ1n) is 6.53. The van der Waals surface area contributed by atoms with Gasteiger partial charge in [-0.2, -0.15) is 0 Å². The largest absolute Gasteiger partial charge is 0.444 e. The third kappa shape index (κ3) is 4.14. The maximum absolute atomic E-state index is 12.1. The van der Waals surface area contributed by atoms with Crippen molar-refractivity contribution < 1.29 is 19.7 Å². The molecule has 1 fully saturated rings.